The summed E-state index contributed by atoms with van der Waals surface area (Å²) in [5.74, 6) is 1.73. The van der Waals surface area contributed by atoms with Crippen LogP contribution in [0.4, 0.5) is 0 Å². The number of rotatable bonds is 14. The summed E-state index contributed by atoms with van der Waals surface area (Å²) in [5, 5.41) is 9.79. The van der Waals surface area contributed by atoms with Gasteiger partial charge in [0.05, 0.1) is 12.7 Å². The molecule has 0 fully saturated rings. The van der Waals surface area contributed by atoms with Crippen molar-refractivity contribution in [1.29, 1.82) is 0 Å². The lowest BCUT2D eigenvalue weighted by Gasteiger charge is -2.24. The molecule has 8 heteroatoms. The molecule has 0 aliphatic carbocycles. The van der Waals surface area contributed by atoms with Gasteiger partial charge in [-0.1, -0.05) is 0 Å². The summed E-state index contributed by atoms with van der Waals surface area (Å²) in [7, 11) is 6.43. The van der Waals surface area contributed by atoms with E-state index in [0.29, 0.717) is 25.0 Å². The maximum absolute atomic E-state index is 9.79. The zero-order chi connectivity index (χ0) is 16.1. The highest BCUT2D eigenvalue weighted by atomic mass is 32.2. The third-order valence-corrected chi connectivity index (χ3v) is 6.93. The lowest BCUT2D eigenvalue weighted by molar-refractivity contribution is 0.0462. The van der Waals surface area contributed by atoms with Gasteiger partial charge in [-0.2, -0.15) is 11.8 Å². The van der Waals surface area contributed by atoms with Crippen LogP contribution in [0.2, 0.25) is 6.04 Å². The van der Waals surface area contributed by atoms with Gasteiger partial charge in [0.25, 0.3) is 0 Å². The Kier molecular flexibility index (Phi) is 13.0. The summed E-state index contributed by atoms with van der Waals surface area (Å²) in [5.41, 5.74) is 0. The fourth-order valence-corrected chi connectivity index (χ4v) is 4.40. The maximum atomic E-state index is 9.79. The van der Waals surface area contributed by atoms with Crippen LogP contribution in [0, 0.1) is 0 Å². The van der Waals surface area contributed by atoms with E-state index < -0.39 is 14.9 Å². The molecule has 0 rings (SSSR count). The Hall–Kier alpha value is 0.327. The minimum Gasteiger partial charge on any atom is -0.390 e. The zero-order valence-electron chi connectivity index (χ0n) is 14.0. The van der Waals surface area contributed by atoms with Crippen LogP contribution in [0.15, 0.2) is 0 Å². The quantitative estimate of drug-likeness (QED) is 0.372. The number of thioether (sulfide) groups is 1. The molecule has 1 N–H and O–H groups in total. The fraction of sp³-hybridized carbons (Fsp3) is 1.00. The van der Waals surface area contributed by atoms with Crippen molar-refractivity contribution in [3.05, 3.63) is 0 Å². The first kappa shape index (κ1) is 21.3. The Morgan fingerprint density at radius 1 is 1.14 bits per heavy atom. The molecule has 0 aliphatic heterocycles. The maximum Gasteiger partial charge on any atom is 0.500 e. The van der Waals surface area contributed by atoms with E-state index in [2.05, 4.69) is 4.90 Å². The molecule has 0 saturated carbocycles. The van der Waals surface area contributed by atoms with Gasteiger partial charge in [0.1, 0.15) is 0 Å². The van der Waals surface area contributed by atoms with Gasteiger partial charge in [0.2, 0.25) is 0 Å². The van der Waals surface area contributed by atoms with Gasteiger partial charge in [-0.25, -0.2) is 0 Å². The molecule has 128 valence electrons. The molecule has 0 radical (unpaired) electrons. The van der Waals surface area contributed by atoms with Crippen molar-refractivity contribution in [1.82, 2.24) is 4.90 Å². The van der Waals surface area contributed by atoms with Crippen molar-refractivity contribution in [3.8, 4) is 0 Å². The summed E-state index contributed by atoms with van der Waals surface area (Å²) >= 11 is 1.74. The lowest BCUT2D eigenvalue weighted by Crippen LogP contribution is -2.42. The molecule has 0 spiro atoms. The van der Waals surface area contributed by atoms with Crippen molar-refractivity contribution in [2.75, 3.05) is 66.7 Å². The van der Waals surface area contributed by atoms with Crippen molar-refractivity contribution >= 4 is 20.6 Å². The molecule has 0 saturated heterocycles. The largest absolute Gasteiger partial charge is 0.500 e. The molecule has 1 atom stereocenters. The molecule has 1 unspecified atom stereocenters. The number of aliphatic hydroxyl groups excluding tert-OH is 1. The number of hydrogen-bond donors (Lipinski definition) is 1. The third kappa shape index (κ3) is 10.6. The van der Waals surface area contributed by atoms with Crippen LogP contribution in [0.3, 0.4) is 0 Å². The van der Waals surface area contributed by atoms with E-state index in [9.17, 15) is 5.11 Å². The molecular formula is C13H31NO5SSi. The second kappa shape index (κ2) is 12.8. The molecule has 0 aromatic rings. The van der Waals surface area contributed by atoms with Crippen LogP contribution in [0.25, 0.3) is 0 Å². The summed E-state index contributed by atoms with van der Waals surface area (Å²) in [6, 6.07) is 0.712. The van der Waals surface area contributed by atoms with Gasteiger partial charge in [-0.05, 0) is 20.5 Å². The molecule has 0 aliphatic rings. The van der Waals surface area contributed by atoms with E-state index >= 15 is 0 Å². The predicted octanol–water partition coefficient (Wildman–Crippen LogP) is 0.927. The van der Waals surface area contributed by atoms with E-state index in [0.717, 1.165) is 18.7 Å². The van der Waals surface area contributed by atoms with Gasteiger partial charge in [-0.15, -0.1) is 0 Å². The van der Waals surface area contributed by atoms with Crippen molar-refractivity contribution < 1.29 is 23.1 Å². The molecular weight excluding hydrogens is 310 g/mol. The Labute approximate surface area is 134 Å². The highest BCUT2D eigenvalue weighted by molar-refractivity contribution is 7.99. The second-order valence-electron chi connectivity index (χ2n) is 5.01. The first-order valence-electron chi connectivity index (χ1n) is 7.13. The van der Waals surface area contributed by atoms with Crippen LogP contribution in [0.5, 0.6) is 0 Å². The lowest BCUT2D eigenvalue weighted by atomic mass is 10.4. The number of aliphatic hydroxyl groups is 1. The highest BCUT2D eigenvalue weighted by Crippen LogP contribution is 2.14. The van der Waals surface area contributed by atoms with Crippen molar-refractivity contribution in [3.63, 3.8) is 0 Å². The van der Waals surface area contributed by atoms with Crippen LogP contribution in [0.1, 0.15) is 6.42 Å². The number of ether oxygens (including phenoxy) is 1. The Morgan fingerprint density at radius 2 is 1.76 bits per heavy atom. The normalized spacial score (nSPS) is 13.9. The summed E-state index contributed by atoms with van der Waals surface area (Å²) in [6.45, 7) is 1.97. The highest BCUT2D eigenvalue weighted by Gasteiger charge is 2.36. The van der Waals surface area contributed by atoms with Gasteiger partial charge in [0.15, 0.2) is 0 Å². The van der Waals surface area contributed by atoms with Crippen LogP contribution in [-0.2, 0) is 18.0 Å². The average Bonchev–Trinajstić information content (AvgIpc) is 2.48. The predicted molar refractivity (Wildman–Crippen MR) is 88.9 cm³/mol. The molecule has 0 heterocycles. The van der Waals surface area contributed by atoms with Crippen molar-refractivity contribution in [2.24, 2.45) is 0 Å². The first-order chi connectivity index (χ1) is 9.99. The Balaban J connectivity index is 3.57. The first-order valence-corrected chi connectivity index (χ1v) is 10.2. The second-order valence-corrected chi connectivity index (χ2v) is 9.25. The van der Waals surface area contributed by atoms with E-state index in [-0.39, 0.29) is 0 Å². The summed E-state index contributed by atoms with van der Waals surface area (Å²) < 4.78 is 21.5. The molecule has 6 nitrogen and oxygen atoms in total. The zero-order valence-corrected chi connectivity index (χ0v) is 15.8. The van der Waals surface area contributed by atoms with E-state index in [1.165, 1.54) is 0 Å². The topological polar surface area (TPSA) is 60.4 Å². The Bertz CT molecular complexity index is 236. The molecule has 0 aromatic carbocycles. The Morgan fingerprint density at radius 3 is 2.29 bits per heavy atom. The standard InChI is InChI=1S/C13H31NO5SSi/c1-14(2)7-9-20-12-13(15)11-19-8-6-10-21(16-3,17-4)18-5/h13,15H,6-12H2,1-5H3. The smallest absolute Gasteiger partial charge is 0.390 e. The molecule has 0 amide bonds. The van der Waals surface area contributed by atoms with Gasteiger partial charge >= 0.3 is 8.80 Å². The van der Waals surface area contributed by atoms with E-state index in [1.807, 2.05) is 14.1 Å². The number of nitrogens with zero attached hydrogens (tertiary/aromatic N) is 1. The molecule has 0 bridgehead atoms. The monoisotopic (exact) mass is 341 g/mol. The van der Waals surface area contributed by atoms with E-state index in [4.69, 9.17) is 18.0 Å². The van der Waals surface area contributed by atoms with Gasteiger partial charge in [0, 0.05) is 52.0 Å². The summed E-state index contributed by atoms with van der Waals surface area (Å²) in [4.78, 5) is 2.13. The molecule has 0 aromatic heterocycles. The SMILES string of the molecule is CO[Si](CCCOCC(O)CSCCN(C)C)(OC)OC. The van der Waals surface area contributed by atoms with Crippen LogP contribution >= 0.6 is 11.8 Å². The minimum atomic E-state index is -2.48. The number of hydrogen-bond acceptors (Lipinski definition) is 7. The van der Waals surface area contributed by atoms with E-state index in [1.54, 1.807) is 33.1 Å². The fourth-order valence-electron chi connectivity index (χ4n) is 1.68. The average molecular weight is 342 g/mol. The summed E-state index contributed by atoms with van der Waals surface area (Å²) in [6.07, 6.45) is 0.383. The minimum absolute atomic E-state index is 0.371. The third-order valence-electron chi connectivity index (χ3n) is 3.01. The van der Waals surface area contributed by atoms with Gasteiger partial charge in [-0.3, -0.25) is 0 Å². The van der Waals surface area contributed by atoms with Gasteiger partial charge < -0.3 is 28.0 Å². The van der Waals surface area contributed by atoms with Crippen LogP contribution < -0.4 is 0 Å². The van der Waals surface area contributed by atoms with Crippen molar-refractivity contribution in [2.45, 2.75) is 18.6 Å². The molecule has 21 heavy (non-hydrogen) atoms. The van der Waals surface area contributed by atoms with Crippen LogP contribution in [-0.4, -0.2) is 91.6 Å².